The van der Waals surface area contributed by atoms with Crippen molar-refractivity contribution in [1.82, 2.24) is 19.1 Å². The van der Waals surface area contributed by atoms with Crippen LogP contribution < -0.4 is 0 Å². The minimum Gasteiger partial charge on any atom is -0.309 e. The van der Waals surface area contributed by atoms with Crippen molar-refractivity contribution in [3.8, 4) is 28.5 Å². The van der Waals surface area contributed by atoms with Crippen LogP contribution in [-0.4, -0.2) is 19.1 Å². The highest BCUT2D eigenvalue weighted by molar-refractivity contribution is 6.26. The third-order valence-corrected chi connectivity index (χ3v) is 9.92. The summed E-state index contributed by atoms with van der Waals surface area (Å²) in [5.41, 5.74) is 11.6. The SMILES string of the molecule is CCc1ccc(-c2cc(-n3c4ccccc4c4c5c(ccc43)c3ccccc3n5C3=CCCC=C3)nc(-c3ccc(CC)cc3)n2)cc1. The Bertz CT molecular complexity index is 2490. The molecule has 9 rings (SSSR count). The number of nitrogens with zero attached hydrogens (tertiary/aromatic N) is 4. The predicted molar refractivity (Wildman–Crippen MR) is 202 cm³/mol. The lowest BCUT2D eigenvalue weighted by molar-refractivity contribution is 1.02. The number of rotatable bonds is 6. The van der Waals surface area contributed by atoms with Crippen molar-refractivity contribution in [2.45, 2.75) is 39.5 Å². The van der Waals surface area contributed by atoms with Crippen LogP contribution in [0.1, 0.15) is 37.8 Å². The maximum Gasteiger partial charge on any atom is 0.162 e. The molecule has 3 aromatic heterocycles. The second kappa shape index (κ2) is 11.5. The number of aryl methyl sites for hydroxylation is 2. The normalized spacial score (nSPS) is 13.2. The summed E-state index contributed by atoms with van der Waals surface area (Å²) in [6.45, 7) is 4.37. The van der Waals surface area contributed by atoms with Gasteiger partial charge >= 0.3 is 0 Å². The van der Waals surface area contributed by atoms with Gasteiger partial charge in [0.05, 0.1) is 27.8 Å². The molecule has 0 bridgehead atoms. The zero-order valence-corrected chi connectivity index (χ0v) is 27.3. The van der Waals surface area contributed by atoms with Gasteiger partial charge in [-0.15, -0.1) is 0 Å². The average molecular weight is 621 g/mol. The number of aromatic nitrogens is 4. The Labute approximate surface area is 280 Å². The van der Waals surface area contributed by atoms with Gasteiger partial charge in [0.1, 0.15) is 5.82 Å². The Morgan fingerprint density at radius 2 is 1.25 bits per heavy atom. The quantitative estimate of drug-likeness (QED) is 0.185. The highest BCUT2D eigenvalue weighted by Gasteiger charge is 2.22. The average Bonchev–Trinajstić information content (AvgIpc) is 3.68. The highest BCUT2D eigenvalue weighted by atomic mass is 15.1. The molecule has 1 aliphatic rings. The van der Waals surface area contributed by atoms with Crippen molar-refractivity contribution in [2.75, 3.05) is 0 Å². The number of fused-ring (bicyclic) bond motifs is 7. The van der Waals surface area contributed by atoms with Gasteiger partial charge in [0.25, 0.3) is 0 Å². The highest BCUT2D eigenvalue weighted by Crippen LogP contribution is 2.42. The molecule has 0 fully saturated rings. The second-order valence-electron chi connectivity index (χ2n) is 12.7. The molecule has 1 aliphatic carbocycles. The topological polar surface area (TPSA) is 35.6 Å². The van der Waals surface area contributed by atoms with E-state index in [0.29, 0.717) is 0 Å². The summed E-state index contributed by atoms with van der Waals surface area (Å²) in [7, 11) is 0. The molecule has 0 atom stereocenters. The number of allylic oxidation sites excluding steroid dienone is 4. The third kappa shape index (κ3) is 4.51. The van der Waals surface area contributed by atoms with Crippen molar-refractivity contribution in [3.05, 3.63) is 145 Å². The van der Waals surface area contributed by atoms with E-state index in [9.17, 15) is 0 Å². The van der Waals surface area contributed by atoms with Crippen LogP contribution in [0.2, 0.25) is 0 Å². The first-order chi connectivity index (χ1) is 23.7. The molecule has 48 heavy (non-hydrogen) atoms. The molecule has 0 N–H and O–H groups in total. The third-order valence-electron chi connectivity index (χ3n) is 9.92. The number of benzene rings is 5. The molecular weight excluding hydrogens is 585 g/mol. The van der Waals surface area contributed by atoms with Gasteiger partial charge in [0, 0.05) is 44.4 Å². The zero-order valence-electron chi connectivity index (χ0n) is 27.3. The van der Waals surface area contributed by atoms with Gasteiger partial charge in [-0.3, -0.25) is 4.57 Å². The Morgan fingerprint density at radius 1 is 0.583 bits per heavy atom. The minimum absolute atomic E-state index is 0.725. The van der Waals surface area contributed by atoms with Gasteiger partial charge in [-0.2, -0.15) is 0 Å². The van der Waals surface area contributed by atoms with Gasteiger partial charge in [0.2, 0.25) is 0 Å². The van der Waals surface area contributed by atoms with Crippen LogP contribution in [0.5, 0.6) is 0 Å². The van der Waals surface area contributed by atoms with Crippen LogP contribution in [-0.2, 0) is 12.8 Å². The minimum atomic E-state index is 0.725. The Balaban J connectivity index is 1.37. The van der Waals surface area contributed by atoms with Crippen LogP contribution in [0, 0.1) is 0 Å². The monoisotopic (exact) mass is 620 g/mol. The van der Waals surface area contributed by atoms with Crippen LogP contribution in [0.3, 0.4) is 0 Å². The summed E-state index contributed by atoms with van der Waals surface area (Å²) in [5, 5.41) is 4.98. The van der Waals surface area contributed by atoms with E-state index in [1.807, 2.05) is 0 Å². The van der Waals surface area contributed by atoms with E-state index in [0.717, 1.165) is 65.2 Å². The summed E-state index contributed by atoms with van der Waals surface area (Å²) in [6, 6.07) is 41.8. The van der Waals surface area contributed by atoms with Crippen molar-refractivity contribution in [1.29, 1.82) is 0 Å². The molecule has 0 amide bonds. The smallest absolute Gasteiger partial charge is 0.162 e. The number of para-hydroxylation sites is 2. The number of hydrogen-bond donors (Lipinski definition) is 0. The first-order valence-electron chi connectivity index (χ1n) is 17.1. The van der Waals surface area contributed by atoms with E-state index in [1.54, 1.807) is 0 Å². The van der Waals surface area contributed by atoms with E-state index >= 15 is 0 Å². The summed E-state index contributed by atoms with van der Waals surface area (Å²) in [5.74, 6) is 1.59. The molecular formula is C44H36N4. The zero-order chi connectivity index (χ0) is 32.2. The molecule has 0 saturated carbocycles. The molecule has 4 nitrogen and oxygen atoms in total. The molecule has 4 heteroatoms. The molecule has 0 radical (unpaired) electrons. The van der Waals surface area contributed by atoms with Crippen molar-refractivity contribution in [2.24, 2.45) is 0 Å². The summed E-state index contributed by atoms with van der Waals surface area (Å²) >= 11 is 0. The van der Waals surface area contributed by atoms with Gasteiger partial charge in [0.15, 0.2) is 5.82 Å². The maximum atomic E-state index is 5.32. The fourth-order valence-electron chi connectivity index (χ4n) is 7.42. The van der Waals surface area contributed by atoms with Crippen molar-refractivity contribution >= 4 is 49.3 Å². The fourth-order valence-corrected chi connectivity index (χ4v) is 7.42. The molecule has 0 unspecified atom stereocenters. The molecule has 232 valence electrons. The second-order valence-corrected chi connectivity index (χ2v) is 12.7. The summed E-state index contributed by atoms with van der Waals surface area (Å²) in [6.07, 6.45) is 11.1. The molecule has 5 aromatic carbocycles. The van der Waals surface area contributed by atoms with Crippen molar-refractivity contribution < 1.29 is 0 Å². The van der Waals surface area contributed by atoms with Crippen LogP contribution in [0.15, 0.2) is 133 Å². The molecule has 0 spiro atoms. The first-order valence-corrected chi connectivity index (χ1v) is 17.1. The van der Waals surface area contributed by atoms with Crippen LogP contribution >= 0.6 is 0 Å². The molecule has 8 aromatic rings. The maximum absolute atomic E-state index is 5.32. The summed E-state index contributed by atoms with van der Waals surface area (Å²) in [4.78, 5) is 10.5. The fraction of sp³-hybridized carbons (Fsp3) is 0.136. The van der Waals surface area contributed by atoms with Gasteiger partial charge in [-0.05, 0) is 61.1 Å². The van der Waals surface area contributed by atoms with Gasteiger partial charge in [-0.25, -0.2) is 9.97 Å². The van der Waals surface area contributed by atoms with E-state index in [4.69, 9.17) is 9.97 Å². The molecule has 0 aliphatic heterocycles. The lowest BCUT2D eigenvalue weighted by Crippen LogP contribution is -2.03. The predicted octanol–water partition coefficient (Wildman–Crippen LogP) is 11.3. The van der Waals surface area contributed by atoms with Crippen LogP contribution in [0.25, 0.3) is 77.8 Å². The Kier molecular flexibility index (Phi) is 6.82. The lowest BCUT2D eigenvalue weighted by atomic mass is 10.1. The Morgan fingerprint density at radius 3 is 1.94 bits per heavy atom. The van der Waals surface area contributed by atoms with E-state index in [-0.39, 0.29) is 0 Å². The first kappa shape index (κ1) is 28.5. The Hall–Kier alpha value is -5.74. The van der Waals surface area contributed by atoms with Gasteiger partial charge in [-0.1, -0.05) is 117 Å². The summed E-state index contributed by atoms with van der Waals surface area (Å²) < 4.78 is 4.81. The largest absolute Gasteiger partial charge is 0.309 e. The standard InChI is InChI=1S/C44H36N4/c1-3-29-18-22-31(23-19-29)37-28-41(46-44(45-37)32-24-20-30(4-2)21-25-32)48-39-17-11-9-15-36(39)42-40(48)27-26-35-34-14-8-10-16-38(34)47(43(35)42)33-12-6-5-7-13-33/h6,8-28H,3-5,7H2,1-2H3. The van der Waals surface area contributed by atoms with E-state index < -0.39 is 0 Å². The van der Waals surface area contributed by atoms with E-state index in [2.05, 4.69) is 156 Å². The van der Waals surface area contributed by atoms with Gasteiger partial charge < -0.3 is 4.57 Å². The molecule has 0 saturated heterocycles. The van der Waals surface area contributed by atoms with Crippen LogP contribution in [0.4, 0.5) is 0 Å². The molecule has 3 heterocycles. The lowest BCUT2D eigenvalue weighted by Gasteiger charge is -2.14. The van der Waals surface area contributed by atoms with E-state index in [1.165, 1.54) is 49.4 Å². The number of hydrogen-bond acceptors (Lipinski definition) is 2. The van der Waals surface area contributed by atoms with Crippen molar-refractivity contribution in [3.63, 3.8) is 0 Å².